The van der Waals surface area contributed by atoms with Gasteiger partial charge in [0, 0.05) is 12.7 Å². The Morgan fingerprint density at radius 3 is 2.28 bits per heavy atom. The van der Waals surface area contributed by atoms with Gasteiger partial charge in [0.2, 0.25) is 5.91 Å². The molecule has 0 fully saturated rings. The number of rotatable bonds is 7. The average Bonchev–Trinajstić information content (AvgIpc) is 2.74. The smallest absolute Gasteiger partial charge is 0.262 e. The predicted molar refractivity (Wildman–Crippen MR) is 118 cm³/mol. The average molecular weight is 453 g/mol. The van der Waals surface area contributed by atoms with Gasteiger partial charge in [-0.3, -0.25) is 9.59 Å². The van der Waals surface area contributed by atoms with Crippen LogP contribution in [0.4, 0.5) is 5.69 Å². The fourth-order valence-corrected chi connectivity index (χ4v) is 3.24. The van der Waals surface area contributed by atoms with Crippen molar-refractivity contribution in [2.75, 3.05) is 19.0 Å². The Morgan fingerprint density at radius 1 is 0.897 bits per heavy atom. The number of anilines is 1. The lowest BCUT2D eigenvalue weighted by atomic mass is 10.1. The lowest BCUT2D eigenvalue weighted by molar-refractivity contribution is -0.120. The lowest BCUT2D eigenvalue weighted by Gasteiger charge is -2.11. The fraction of sp³-hybridized carbons (Fsp3) is 0.130. The highest BCUT2D eigenvalue weighted by molar-refractivity contribution is 9.10. The first kappa shape index (κ1) is 20.6. The van der Waals surface area contributed by atoms with Gasteiger partial charge >= 0.3 is 0 Å². The monoisotopic (exact) mass is 452 g/mol. The number of carbonyl (C=O) groups is 2. The van der Waals surface area contributed by atoms with Gasteiger partial charge in [0.15, 0.2) is 6.61 Å². The van der Waals surface area contributed by atoms with Crippen molar-refractivity contribution in [3.05, 3.63) is 82.8 Å². The van der Waals surface area contributed by atoms with Crippen LogP contribution < -0.4 is 15.4 Å². The predicted octanol–water partition coefficient (Wildman–Crippen LogP) is 4.42. The van der Waals surface area contributed by atoms with Crippen LogP contribution in [0.25, 0.3) is 11.1 Å². The summed E-state index contributed by atoms with van der Waals surface area (Å²) in [6, 6.07) is 22.9. The number of halogens is 1. The zero-order valence-corrected chi connectivity index (χ0v) is 17.5. The number of nitrogens with one attached hydrogen (secondary N) is 2. The molecule has 0 radical (unpaired) electrons. The van der Waals surface area contributed by atoms with E-state index in [-0.39, 0.29) is 18.4 Å². The highest BCUT2D eigenvalue weighted by Gasteiger charge is 2.08. The first-order chi connectivity index (χ1) is 14.0. The topological polar surface area (TPSA) is 67.4 Å². The summed E-state index contributed by atoms with van der Waals surface area (Å²) in [5, 5.41) is 5.36. The minimum atomic E-state index is -0.261. The van der Waals surface area contributed by atoms with E-state index in [2.05, 4.69) is 26.6 Å². The Labute approximate surface area is 178 Å². The Hall–Kier alpha value is -3.12. The van der Waals surface area contributed by atoms with Crippen molar-refractivity contribution in [1.29, 1.82) is 0 Å². The number of amides is 2. The minimum absolute atomic E-state index is 0.0564. The van der Waals surface area contributed by atoms with Crippen LogP contribution in [-0.2, 0) is 16.0 Å². The van der Waals surface area contributed by atoms with Gasteiger partial charge in [0.25, 0.3) is 5.91 Å². The van der Waals surface area contributed by atoms with Gasteiger partial charge in [-0.25, -0.2) is 0 Å². The van der Waals surface area contributed by atoms with Crippen molar-refractivity contribution in [1.82, 2.24) is 5.32 Å². The van der Waals surface area contributed by atoms with E-state index in [0.29, 0.717) is 17.9 Å². The van der Waals surface area contributed by atoms with E-state index >= 15 is 0 Å². The van der Waals surface area contributed by atoms with Gasteiger partial charge in [0.1, 0.15) is 5.75 Å². The van der Waals surface area contributed by atoms with Crippen LogP contribution in [0.15, 0.2) is 77.3 Å². The summed E-state index contributed by atoms with van der Waals surface area (Å²) in [5.41, 5.74) is 3.70. The van der Waals surface area contributed by atoms with Crippen LogP contribution in [0.5, 0.6) is 5.75 Å². The van der Waals surface area contributed by atoms with Crippen molar-refractivity contribution in [2.24, 2.45) is 0 Å². The minimum Gasteiger partial charge on any atom is -0.483 e. The number of likely N-dealkylation sites (N-methyl/N-ethyl adjacent to an activating group) is 1. The van der Waals surface area contributed by atoms with Gasteiger partial charge in [0.05, 0.1) is 10.9 Å². The maximum atomic E-state index is 12.2. The molecule has 2 amide bonds. The van der Waals surface area contributed by atoms with Crippen LogP contribution >= 0.6 is 15.9 Å². The highest BCUT2D eigenvalue weighted by Crippen LogP contribution is 2.30. The molecule has 0 heterocycles. The van der Waals surface area contributed by atoms with Gasteiger partial charge in [-0.15, -0.1) is 0 Å². The molecular formula is C23H21BrN2O3. The number of hydrogen-bond acceptors (Lipinski definition) is 3. The Kier molecular flexibility index (Phi) is 7.03. The molecule has 29 heavy (non-hydrogen) atoms. The summed E-state index contributed by atoms with van der Waals surface area (Å²) < 4.78 is 6.42. The van der Waals surface area contributed by atoms with E-state index in [0.717, 1.165) is 21.2 Å². The van der Waals surface area contributed by atoms with E-state index < -0.39 is 0 Å². The molecule has 0 aliphatic carbocycles. The molecule has 0 aromatic heterocycles. The molecule has 0 saturated carbocycles. The highest BCUT2D eigenvalue weighted by atomic mass is 79.9. The van der Waals surface area contributed by atoms with Crippen molar-refractivity contribution < 1.29 is 14.3 Å². The summed E-state index contributed by atoms with van der Waals surface area (Å²) in [6.07, 6.45) is 0.306. The molecule has 0 spiro atoms. The SMILES string of the molecule is CNC(=O)Cc1ccc(NC(=O)COc2ccc(-c3ccccc3)cc2Br)cc1. The van der Waals surface area contributed by atoms with Crippen LogP contribution in [0, 0.1) is 0 Å². The van der Waals surface area contributed by atoms with E-state index in [1.165, 1.54) is 0 Å². The van der Waals surface area contributed by atoms with Crippen molar-refractivity contribution >= 4 is 33.4 Å². The first-order valence-corrected chi connectivity index (χ1v) is 9.91. The van der Waals surface area contributed by atoms with Crippen LogP contribution in [0.3, 0.4) is 0 Å². The van der Waals surface area contributed by atoms with Crippen LogP contribution in [-0.4, -0.2) is 25.5 Å². The normalized spacial score (nSPS) is 10.3. The first-order valence-electron chi connectivity index (χ1n) is 9.12. The second kappa shape index (κ2) is 9.89. The number of carbonyl (C=O) groups excluding carboxylic acids is 2. The molecule has 3 rings (SSSR count). The molecular weight excluding hydrogens is 432 g/mol. The van der Waals surface area contributed by atoms with Crippen LogP contribution in [0.1, 0.15) is 5.56 Å². The summed E-state index contributed by atoms with van der Waals surface area (Å²) in [4.78, 5) is 23.6. The Balaban J connectivity index is 1.54. The van der Waals surface area contributed by atoms with E-state index in [1.54, 1.807) is 19.2 Å². The maximum Gasteiger partial charge on any atom is 0.262 e. The van der Waals surface area contributed by atoms with E-state index in [1.807, 2.05) is 60.7 Å². The van der Waals surface area contributed by atoms with Crippen molar-refractivity contribution in [2.45, 2.75) is 6.42 Å². The zero-order chi connectivity index (χ0) is 20.6. The van der Waals surface area contributed by atoms with E-state index in [9.17, 15) is 9.59 Å². The van der Waals surface area contributed by atoms with Crippen LogP contribution in [0.2, 0.25) is 0 Å². The lowest BCUT2D eigenvalue weighted by Crippen LogP contribution is -2.21. The molecule has 0 saturated heterocycles. The molecule has 0 unspecified atom stereocenters. The van der Waals surface area contributed by atoms with Gasteiger partial charge in [-0.1, -0.05) is 48.5 Å². The molecule has 0 bridgehead atoms. The molecule has 6 heteroatoms. The fourth-order valence-electron chi connectivity index (χ4n) is 2.75. The van der Waals surface area contributed by atoms with Gasteiger partial charge < -0.3 is 15.4 Å². The Morgan fingerprint density at radius 2 is 1.62 bits per heavy atom. The molecule has 0 atom stereocenters. The zero-order valence-electron chi connectivity index (χ0n) is 15.9. The maximum absolute atomic E-state index is 12.2. The van der Waals surface area contributed by atoms with E-state index in [4.69, 9.17) is 4.74 Å². The molecule has 148 valence electrons. The van der Waals surface area contributed by atoms with Gasteiger partial charge in [-0.05, 0) is 56.9 Å². The largest absolute Gasteiger partial charge is 0.483 e. The quantitative estimate of drug-likeness (QED) is 0.557. The molecule has 0 aliphatic heterocycles. The van der Waals surface area contributed by atoms with Crippen molar-refractivity contribution in [3.63, 3.8) is 0 Å². The number of benzene rings is 3. The second-order valence-electron chi connectivity index (χ2n) is 6.39. The third-order valence-corrected chi connectivity index (χ3v) is 4.90. The number of ether oxygens (including phenoxy) is 1. The summed E-state index contributed by atoms with van der Waals surface area (Å²) in [6.45, 7) is -0.108. The summed E-state index contributed by atoms with van der Waals surface area (Å²) in [5.74, 6) is 0.280. The third-order valence-electron chi connectivity index (χ3n) is 4.28. The molecule has 5 nitrogen and oxygen atoms in total. The molecule has 2 N–H and O–H groups in total. The summed E-state index contributed by atoms with van der Waals surface area (Å²) in [7, 11) is 1.60. The standard InChI is InChI=1S/C23H21BrN2O3/c1-25-22(27)13-16-7-10-19(11-8-16)26-23(28)15-29-21-12-9-18(14-20(21)24)17-5-3-2-4-6-17/h2-12,14H,13,15H2,1H3,(H,25,27)(H,26,28). The molecule has 3 aromatic carbocycles. The second-order valence-corrected chi connectivity index (χ2v) is 7.25. The Bertz CT molecular complexity index is 989. The number of hydrogen-bond donors (Lipinski definition) is 2. The van der Waals surface area contributed by atoms with Gasteiger partial charge in [-0.2, -0.15) is 0 Å². The summed E-state index contributed by atoms with van der Waals surface area (Å²) >= 11 is 3.51. The third kappa shape index (κ3) is 5.93. The molecule has 0 aliphatic rings. The molecule has 3 aromatic rings. The van der Waals surface area contributed by atoms with Crippen molar-refractivity contribution in [3.8, 4) is 16.9 Å².